The molecule has 10 heteroatoms. The lowest BCUT2D eigenvalue weighted by atomic mass is 9.90. The van der Waals surface area contributed by atoms with E-state index in [0.717, 1.165) is 29.5 Å². The van der Waals surface area contributed by atoms with Crippen LogP contribution in [0.5, 0.6) is 5.75 Å². The van der Waals surface area contributed by atoms with Gasteiger partial charge < -0.3 is 29.5 Å². The number of hydrogen-bond acceptors (Lipinski definition) is 7. The first-order chi connectivity index (χ1) is 20.4. The number of aryl methyl sites for hydroxylation is 1. The van der Waals surface area contributed by atoms with Gasteiger partial charge in [0.2, 0.25) is 0 Å². The third-order valence-electron chi connectivity index (χ3n) is 8.32. The van der Waals surface area contributed by atoms with Crippen LogP contribution in [-0.2, 0) is 22.4 Å². The Morgan fingerprint density at radius 2 is 1.79 bits per heavy atom. The number of rotatable bonds is 7. The van der Waals surface area contributed by atoms with Gasteiger partial charge in [-0.25, -0.2) is 4.79 Å². The zero-order chi connectivity index (χ0) is 30.9. The second-order valence-electron chi connectivity index (χ2n) is 12.7. The fourth-order valence-corrected chi connectivity index (χ4v) is 6.26. The molecule has 4 atom stereocenters. The highest BCUT2D eigenvalue weighted by Gasteiger charge is 2.41. The van der Waals surface area contributed by atoms with Crippen LogP contribution < -0.4 is 10.1 Å². The Morgan fingerprint density at radius 1 is 1.07 bits per heavy atom. The minimum atomic E-state index is -1.06. The van der Waals surface area contributed by atoms with Crippen molar-refractivity contribution < 1.29 is 33.7 Å². The summed E-state index contributed by atoms with van der Waals surface area (Å²) >= 11 is 0. The lowest BCUT2D eigenvalue weighted by Gasteiger charge is -2.40. The van der Waals surface area contributed by atoms with Crippen molar-refractivity contribution >= 4 is 17.9 Å². The second-order valence-corrected chi connectivity index (χ2v) is 12.7. The molecule has 2 aromatic carbocycles. The van der Waals surface area contributed by atoms with Gasteiger partial charge in [-0.15, -0.1) is 0 Å². The summed E-state index contributed by atoms with van der Waals surface area (Å²) in [6, 6.07) is 10.5. The van der Waals surface area contributed by atoms with Crippen molar-refractivity contribution in [2.45, 2.75) is 90.3 Å². The Hall–Kier alpha value is -3.63. The summed E-state index contributed by atoms with van der Waals surface area (Å²) in [4.78, 5) is 43.4. The van der Waals surface area contributed by atoms with Gasteiger partial charge >= 0.3 is 6.09 Å². The number of hydrogen-bond donors (Lipinski definition) is 2. The molecule has 3 unspecified atom stereocenters. The van der Waals surface area contributed by atoms with E-state index < -0.39 is 29.7 Å². The Morgan fingerprint density at radius 3 is 2.47 bits per heavy atom. The average Bonchev–Trinajstić information content (AvgIpc) is 3.21. The standard InChI is InChI=1S/C33H43N3O7/c1-6-42-29-15-22(31(39)36-24-10-11-25(36)19-41-18-24)9-12-26(29)30(38)34-16-28(37)27-14-21-8-7-20(2)13-23(21)17-35(27)32(40)43-33(3,4)5/h7-9,12-13,15,24-25,27-28,37H,6,10-11,14,16-19H2,1-5H3,(H,34,38)/t24?,25?,27-,28?/m0/s1. The van der Waals surface area contributed by atoms with Crippen LogP contribution in [0.1, 0.15) is 77.9 Å². The summed E-state index contributed by atoms with van der Waals surface area (Å²) in [6.45, 7) is 10.8. The van der Waals surface area contributed by atoms with Crippen LogP contribution in [0.3, 0.4) is 0 Å². The van der Waals surface area contributed by atoms with E-state index in [1.165, 1.54) is 0 Å². The van der Waals surface area contributed by atoms with Crippen molar-refractivity contribution in [1.29, 1.82) is 0 Å². The van der Waals surface area contributed by atoms with Gasteiger partial charge in [-0.1, -0.05) is 23.8 Å². The van der Waals surface area contributed by atoms with E-state index in [1.54, 1.807) is 43.9 Å². The molecule has 3 amide bonds. The van der Waals surface area contributed by atoms with Crippen LogP contribution in [0.15, 0.2) is 36.4 Å². The van der Waals surface area contributed by atoms with Gasteiger partial charge in [0.15, 0.2) is 0 Å². The first-order valence-electron chi connectivity index (χ1n) is 15.2. The normalized spacial score (nSPS) is 22.0. The van der Waals surface area contributed by atoms with E-state index in [9.17, 15) is 19.5 Å². The third kappa shape index (κ3) is 6.80. The lowest BCUT2D eigenvalue weighted by molar-refractivity contribution is -0.0113. The predicted octanol–water partition coefficient (Wildman–Crippen LogP) is 3.85. The maximum atomic E-state index is 13.4. The summed E-state index contributed by atoms with van der Waals surface area (Å²) in [5.74, 6) is -0.226. The van der Waals surface area contributed by atoms with E-state index in [1.807, 2.05) is 36.9 Å². The maximum absolute atomic E-state index is 13.4. The molecule has 2 bridgehead atoms. The molecule has 5 rings (SSSR count). The van der Waals surface area contributed by atoms with E-state index >= 15 is 0 Å². The molecule has 43 heavy (non-hydrogen) atoms. The lowest BCUT2D eigenvalue weighted by Crippen LogP contribution is -2.54. The SMILES string of the molecule is CCOc1cc(C(=O)N2C3CCC2COC3)ccc1C(=O)NCC(O)[C@@H]1Cc2ccc(C)cc2CN1C(=O)OC(C)(C)C. The number of carbonyl (C=O) groups is 3. The van der Waals surface area contributed by atoms with Crippen LogP contribution in [-0.4, -0.2) is 89.0 Å². The Balaban J connectivity index is 1.30. The third-order valence-corrected chi connectivity index (χ3v) is 8.32. The Labute approximate surface area is 253 Å². The van der Waals surface area contributed by atoms with Gasteiger partial charge in [0, 0.05) is 18.7 Å². The predicted molar refractivity (Wildman–Crippen MR) is 160 cm³/mol. The smallest absolute Gasteiger partial charge is 0.410 e. The number of aliphatic hydroxyl groups is 1. The van der Waals surface area contributed by atoms with Crippen molar-refractivity contribution in [3.8, 4) is 5.75 Å². The van der Waals surface area contributed by atoms with Crippen molar-refractivity contribution in [3.05, 3.63) is 64.2 Å². The summed E-state index contributed by atoms with van der Waals surface area (Å²) in [5.41, 5.74) is 3.18. The number of morpholine rings is 1. The van der Waals surface area contributed by atoms with Crippen molar-refractivity contribution in [1.82, 2.24) is 15.1 Å². The first kappa shape index (κ1) is 30.8. The average molecular weight is 594 g/mol. The fraction of sp³-hybridized carbons (Fsp3) is 0.545. The molecule has 3 heterocycles. The summed E-state index contributed by atoms with van der Waals surface area (Å²) in [6.07, 6.45) is 0.711. The largest absolute Gasteiger partial charge is 0.493 e. The van der Waals surface area contributed by atoms with E-state index in [4.69, 9.17) is 14.2 Å². The maximum Gasteiger partial charge on any atom is 0.410 e. The number of aliphatic hydroxyl groups excluding tert-OH is 1. The summed E-state index contributed by atoms with van der Waals surface area (Å²) < 4.78 is 17.1. The van der Waals surface area contributed by atoms with Crippen LogP contribution in [0, 0.1) is 6.92 Å². The van der Waals surface area contributed by atoms with E-state index in [0.29, 0.717) is 44.1 Å². The van der Waals surface area contributed by atoms with Crippen LogP contribution >= 0.6 is 0 Å². The van der Waals surface area contributed by atoms with Gasteiger partial charge in [-0.2, -0.15) is 0 Å². The van der Waals surface area contributed by atoms with E-state index in [-0.39, 0.29) is 30.1 Å². The molecule has 2 saturated heterocycles. The molecular weight excluding hydrogens is 550 g/mol. The molecule has 10 nitrogen and oxygen atoms in total. The quantitative estimate of drug-likeness (QED) is 0.501. The highest BCUT2D eigenvalue weighted by atomic mass is 16.6. The summed E-state index contributed by atoms with van der Waals surface area (Å²) in [5, 5.41) is 14.1. The molecular formula is C33H43N3O7. The molecule has 0 aliphatic carbocycles. The number of fused-ring (bicyclic) bond motifs is 3. The molecule has 3 aliphatic heterocycles. The molecule has 2 fully saturated rings. The number of carbonyl (C=O) groups excluding carboxylic acids is 3. The molecule has 0 saturated carbocycles. The fourth-order valence-electron chi connectivity index (χ4n) is 6.26. The second kappa shape index (κ2) is 12.5. The first-order valence-corrected chi connectivity index (χ1v) is 15.2. The van der Waals surface area contributed by atoms with Crippen molar-refractivity contribution in [2.24, 2.45) is 0 Å². The molecule has 0 spiro atoms. The number of benzene rings is 2. The zero-order valence-corrected chi connectivity index (χ0v) is 25.7. The molecule has 0 radical (unpaired) electrons. The monoisotopic (exact) mass is 593 g/mol. The molecule has 2 aromatic rings. The Kier molecular flexibility index (Phi) is 8.99. The molecule has 3 aliphatic rings. The minimum absolute atomic E-state index is 0.0716. The van der Waals surface area contributed by atoms with Crippen LogP contribution in [0.25, 0.3) is 0 Å². The molecule has 2 N–H and O–H groups in total. The zero-order valence-electron chi connectivity index (χ0n) is 25.7. The molecule has 232 valence electrons. The van der Waals surface area contributed by atoms with Crippen molar-refractivity contribution in [3.63, 3.8) is 0 Å². The number of nitrogens with zero attached hydrogens (tertiary/aromatic N) is 2. The van der Waals surface area contributed by atoms with Crippen LogP contribution in [0.4, 0.5) is 4.79 Å². The summed E-state index contributed by atoms with van der Waals surface area (Å²) in [7, 11) is 0. The van der Waals surface area contributed by atoms with Crippen LogP contribution in [0.2, 0.25) is 0 Å². The number of nitrogens with one attached hydrogen (secondary N) is 1. The number of amides is 3. The van der Waals surface area contributed by atoms with Gasteiger partial charge in [0.25, 0.3) is 11.8 Å². The highest BCUT2D eigenvalue weighted by Crippen LogP contribution is 2.32. The minimum Gasteiger partial charge on any atom is -0.493 e. The molecule has 0 aromatic heterocycles. The topological polar surface area (TPSA) is 118 Å². The van der Waals surface area contributed by atoms with Gasteiger partial charge in [-0.05, 0) is 83.2 Å². The van der Waals surface area contributed by atoms with Crippen molar-refractivity contribution in [2.75, 3.05) is 26.4 Å². The number of ether oxygens (including phenoxy) is 3. The van der Waals surface area contributed by atoms with E-state index in [2.05, 4.69) is 5.32 Å². The Bertz CT molecular complexity index is 1350. The van der Waals surface area contributed by atoms with Gasteiger partial charge in [-0.3, -0.25) is 14.5 Å². The van der Waals surface area contributed by atoms with Gasteiger partial charge in [0.05, 0.1) is 49.6 Å². The van der Waals surface area contributed by atoms with Gasteiger partial charge in [0.1, 0.15) is 11.4 Å². The highest BCUT2D eigenvalue weighted by molar-refractivity contribution is 6.00.